The number of piperazine rings is 1. The van der Waals surface area contributed by atoms with E-state index in [-0.39, 0.29) is 0 Å². The fourth-order valence-electron chi connectivity index (χ4n) is 3.95. The number of nitrogens with zero attached hydrogens (tertiary/aromatic N) is 5. The molecule has 3 heterocycles. The van der Waals surface area contributed by atoms with E-state index in [2.05, 4.69) is 57.9 Å². The van der Waals surface area contributed by atoms with Gasteiger partial charge < -0.3 is 4.90 Å². The van der Waals surface area contributed by atoms with Crippen LogP contribution in [0.1, 0.15) is 22.3 Å². The van der Waals surface area contributed by atoms with E-state index in [1.807, 2.05) is 18.5 Å². The molecule has 1 fully saturated rings. The van der Waals surface area contributed by atoms with Gasteiger partial charge >= 0.3 is 0 Å². The van der Waals surface area contributed by atoms with Gasteiger partial charge in [0.1, 0.15) is 6.07 Å². The molecule has 1 aliphatic rings. The molecule has 5 nitrogen and oxygen atoms in total. The minimum atomic E-state index is 0.660. The highest BCUT2D eigenvalue weighted by atomic mass is 15.3. The molecule has 0 unspecified atom stereocenters. The maximum absolute atomic E-state index is 9.66. The first-order valence-corrected chi connectivity index (χ1v) is 9.32. The second-order valence-electron chi connectivity index (χ2n) is 7.23. The maximum atomic E-state index is 9.66. The second kappa shape index (κ2) is 7.34. The van der Waals surface area contributed by atoms with Gasteiger partial charge in [0.15, 0.2) is 0 Å². The summed E-state index contributed by atoms with van der Waals surface area (Å²) < 4.78 is 0. The molecule has 4 rings (SSSR count). The number of rotatable bonds is 3. The SMILES string of the molecule is Cc1cc(C)c2ncc(C#N)c(N3CCN(Cc4cccnc4)CC3)c2c1. The Balaban J connectivity index is 1.61. The van der Waals surface area contributed by atoms with Crippen LogP contribution in [0.3, 0.4) is 0 Å². The van der Waals surface area contributed by atoms with Crippen LogP contribution >= 0.6 is 0 Å². The first-order valence-electron chi connectivity index (χ1n) is 9.32. The van der Waals surface area contributed by atoms with Gasteiger partial charge in [-0.05, 0) is 37.1 Å². The van der Waals surface area contributed by atoms with E-state index in [1.165, 1.54) is 11.1 Å². The summed E-state index contributed by atoms with van der Waals surface area (Å²) in [6.07, 6.45) is 5.47. The van der Waals surface area contributed by atoms with Crippen molar-refractivity contribution in [3.8, 4) is 6.07 Å². The van der Waals surface area contributed by atoms with E-state index in [0.717, 1.165) is 54.9 Å². The van der Waals surface area contributed by atoms with E-state index < -0.39 is 0 Å². The van der Waals surface area contributed by atoms with Gasteiger partial charge in [0.2, 0.25) is 0 Å². The zero-order valence-corrected chi connectivity index (χ0v) is 15.8. The van der Waals surface area contributed by atoms with Gasteiger partial charge in [0, 0.05) is 56.7 Å². The van der Waals surface area contributed by atoms with Crippen LogP contribution in [0.25, 0.3) is 10.9 Å². The van der Waals surface area contributed by atoms with Gasteiger partial charge in [-0.15, -0.1) is 0 Å². The second-order valence-corrected chi connectivity index (χ2v) is 7.23. The minimum Gasteiger partial charge on any atom is -0.367 e. The van der Waals surface area contributed by atoms with Gasteiger partial charge in [-0.3, -0.25) is 14.9 Å². The molecule has 2 aromatic heterocycles. The molecule has 136 valence electrons. The summed E-state index contributed by atoms with van der Waals surface area (Å²) in [4.78, 5) is 13.6. The van der Waals surface area contributed by atoms with Gasteiger partial charge in [-0.2, -0.15) is 5.26 Å². The Kier molecular flexibility index (Phi) is 4.74. The zero-order valence-electron chi connectivity index (χ0n) is 15.8. The fourth-order valence-corrected chi connectivity index (χ4v) is 3.95. The van der Waals surface area contributed by atoms with E-state index in [9.17, 15) is 5.26 Å². The molecule has 5 heteroatoms. The lowest BCUT2D eigenvalue weighted by molar-refractivity contribution is 0.250. The monoisotopic (exact) mass is 357 g/mol. The lowest BCUT2D eigenvalue weighted by Crippen LogP contribution is -2.46. The Morgan fingerprint density at radius 1 is 1.11 bits per heavy atom. The number of aryl methyl sites for hydroxylation is 2. The van der Waals surface area contributed by atoms with Crippen LogP contribution in [0.4, 0.5) is 5.69 Å². The third-order valence-corrected chi connectivity index (χ3v) is 5.22. The highest BCUT2D eigenvalue weighted by molar-refractivity contribution is 5.96. The molecule has 27 heavy (non-hydrogen) atoms. The highest BCUT2D eigenvalue weighted by Crippen LogP contribution is 2.32. The smallest absolute Gasteiger partial charge is 0.103 e. The third-order valence-electron chi connectivity index (χ3n) is 5.22. The number of benzene rings is 1. The topological polar surface area (TPSA) is 56.1 Å². The standard InChI is InChI=1S/C22H23N5/c1-16-10-17(2)21-20(11-16)22(19(12-23)14-25-21)27-8-6-26(7-9-27)15-18-4-3-5-24-13-18/h3-5,10-11,13-14H,6-9,15H2,1-2H3. The average Bonchev–Trinajstić information content (AvgIpc) is 2.68. The Morgan fingerprint density at radius 2 is 1.93 bits per heavy atom. The van der Waals surface area contributed by atoms with Crippen LogP contribution in [0.5, 0.6) is 0 Å². The Bertz CT molecular complexity index is 999. The molecule has 3 aromatic rings. The molecule has 0 N–H and O–H groups in total. The van der Waals surface area contributed by atoms with Crippen LogP contribution < -0.4 is 4.90 Å². The Morgan fingerprint density at radius 3 is 2.63 bits per heavy atom. The van der Waals surface area contributed by atoms with E-state index in [4.69, 9.17) is 0 Å². The number of pyridine rings is 2. The summed E-state index contributed by atoms with van der Waals surface area (Å²) in [5.74, 6) is 0. The molecule has 0 bridgehead atoms. The predicted octanol–water partition coefficient (Wildman–Crippen LogP) is 3.44. The number of aromatic nitrogens is 2. The van der Waals surface area contributed by atoms with Crippen LogP contribution in [-0.2, 0) is 6.54 Å². The summed E-state index contributed by atoms with van der Waals surface area (Å²) in [5, 5.41) is 10.8. The maximum Gasteiger partial charge on any atom is 0.103 e. The first-order chi connectivity index (χ1) is 13.2. The normalized spacial score (nSPS) is 15.1. The molecular weight excluding hydrogens is 334 g/mol. The predicted molar refractivity (Wildman–Crippen MR) is 108 cm³/mol. The van der Waals surface area contributed by atoms with Crippen molar-refractivity contribution in [1.82, 2.24) is 14.9 Å². The molecule has 0 radical (unpaired) electrons. The summed E-state index contributed by atoms with van der Waals surface area (Å²) >= 11 is 0. The van der Waals surface area contributed by atoms with Crippen LogP contribution in [0.2, 0.25) is 0 Å². The molecule has 0 atom stereocenters. The van der Waals surface area contributed by atoms with Gasteiger partial charge in [0.05, 0.1) is 16.8 Å². The lowest BCUT2D eigenvalue weighted by atomic mass is 10.0. The van der Waals surface area contributed by atoms with Crippen molar-refractivity contribution in [2.45, 2.75) is 20.4 Å². The van der Waals surface area contributed by atoms with Crippen molar-refractivity contribution in [1.29, 1.82) is 5.26 Å². The quantitative estimate of drug-likeness (QED) is 0.719. The highest BCUT2D eigenvalue weighted by Gasteiger charge is 2.22. The van der Waals surface area contributed by atoms with Crippen molar-refractivity contribution in [2.75, 3.05) is 31.1 Å². The minimum absolute atomic E-state index is 0.660. The number of hydrogen-bond donors (Lipinski definition) is 0. The van der Waals surface area contributed by atoms with Gasteiger partial charge in [-0.25, -0.2) is 0 Å². The number of hydrogen-bond acceptors (Lipinski definition) is 5. The van der Waals surface area contributed by atoms with Crippen LogP contribution in [0, 0.1) is 25.2 Å². The summed E-state index contributed by atoms with van der Waals surface area (Å²) in [6.45, 7) is 8.85. The molecule has 0 spiro atoms. The van der Waals surface area contributed by atoms with Crippen molar-refractivity contribution in [3.63, 3.8) is 0 Å². The molecule has 1 aliphatic heterocycles. The zero-order chi connectivity index (χ0) is 18.8. The first kappa shape index (κ1) is 17.4. The summed E-state index contributed by atoms with van der Waals surface area (Å²) in [6, 6.07) is 10.8. The van der Waals surface area contributed by atoms with Crippen molar-refractivity contribution in [3.05, 3.63) is 65.1 Å². The van der Waals surface area contributed by atoms with E-state index in [1.54, 1.807) is 6.20 Å². The van der Waals surface area contributed by atoms with Crippen molar-refractivity contribution < 1.29 is 0 Å². The van der Waals surface area contributed by atoms with E-state index >= 15 is 0 Å². The van der Waals surface area contributed by atoms with E-state index in [0.29, 0.717) is 5.56 Å². The molecule has 0 saturated carbocycles. The fraction of sp³-hybridized carbons (Fsp3) is 0.318. The third kappa shape index (κ3) is 3.49. The molecule has 0 aliphatic carbocycles. The largest absolute Gasteiger partial charge is 0.367 e. The number of fused-ring (bicyclic) bond motifs is 1. The Hall–Kier alpha value is -2.97. The molecule has 1 aromatic carbocycles. The molecule has 0 amide bonds. The number of nitriles is 1. The van der Waals surface area contributed by atoms with Crippen molar-refractivity contribution in [2.24, 2.45) is 0 Å². The lowest BCUT2D eigenvalue weighted by Gasteiger charge is -2.37. The molecular formula is C22H23N5. The molecule has 1 saturated heterocycles. The number of anilines is 1. The van der Waals surface area contributed by atoms with Crippen molar-refractivity contribution >= 4 is 16.6 Å². The summed E-state index contributed by atoms with van der Waals surface area (Å²) in [5.41, 5.74) is 6.29. The average molecular weight is 357 g/mol. The van der Waals surface area contributed by atoms with Gasteiger partial charge in [-0.1, -0.05) is 17.7 Å². The van der Waals surface area contributed by atoms with Crippen LogP contribution in [-0.4, -0.2) is 41.0 Å². The van der Waals surface area contributed by atoms with Gasteiger partial charge in [0.25, 0.3) is 0 Å². The van der Waals surface area contributed by atoms with Crippen LogP contribution in [0.15, 0.2) is 42.9 Å². The summed E-state index contributed by atoms with van der Waals surface area (Å²) in [7, 11) is 0. The Labute approximate surface area is 159 Å².